The molecule has 17 heteroatoms. The highest BCUT2D eigenvalue weighted by Gasteiger charge is 2.40. The number of nitrogens with one attached hydrogen (secondary N) is 1. The summed E-state index contributed by atoms with van der Waals surface area (Å²) in [5.74, 6) is -1.22. The monoisotopic (exact) mass is 687 g/mol. The Morgan fingerprint density at radius 1 is 1.15 bits per heavy atom. The lowest BCUT2D eigenvalue weighted by atomic mass is 10.1. The molecule has 248 valence electrons. The zero-order valence-corrected chi connectivity index (χ0v) is 26.3. The van der Waals surface area contributed by atoms with Crippen molar-refractivity contribution in [3.63, 3.8) is 0 Å². The largest absolute Gasteiger partial charge is 0.493 e. The van der Waals surface area contributed by atoms with E-state index in [9.17, 15) is 33.0 Å². The summed E-state index contributed by atoms with van der Waals surface area (Å²) in [6.45, 7) is 4.62. The summed E-state index contributed by atoms with van der Waals surface area (Å²) in [7, 11) is 0. The van der Waals surface area contributed by atoms with Crippen molar-refractivity contribution in [2.24, 2.45) is 4.99 Å². The number of carboxylic acid groups (broad SMARTS) is 1. The second-order valence-electron chi connectivity index (χ2n) is 11.3. The zero-order valence-electron chi connectivity index (χ0n) is 24.8. The Balaban J connectivity index is 1.52. The van der Waals surface area contributed by atoms with Crippen LogP contribution in [0.1, 0.15) is 56.7 Å². The highest BCUT2D eigenvalue weighted by molar-refractivity contribution is 6.42. The SMILES string of the molecule is CC(C)(C)OC(=O)N/C(=N\C(=O)O)N1C[C@H](O)C[C@H]1c1nc(-c2ccc(OCCCc3ccc(Cl)c(Cl)c3)c(C(F)(F)F)c2)no1. The van der Waals surface area contributed by atoms with E-state index in [1.165, 1.54) is 11.0 Å². The van der Waals surface area contributed by atoms with Gasteiger partial charge in [-0.05, 0) is 69.5 Å². The smallest absolute Gasteiger partial charge is 0.434 e. The van der Waals surface area contributed by atoms with Crippen LogP contribution in [0.2, 0.25) is 10.0 Å². The van der Waals surface area contributed by atoms with Gasteiger partial charge in [-0.3, -0.25) is 5.32 Å². The third-order valence-corrected chi connectivity index (χ3v) is 7.23. The van der Waals surface area contributed by atoms with E-state index in [0.717, 1.165) is 17.7 Å². The minimum atomic E-state index is -4.77. The van der Waals surface area contributed by atoms with Gasteiger partial charge in [0, 0.05) is 18.5 Å². The highest BCUT2D eigenvalue weighted by atomic mass is 35.5. The van der Waals surface area contributed by atoms with Crippen molar-refractivity contribution in [3.05, 3.63) is 63.5 Å². The molecule has 0 spiro atoms. The number of benzene rings is 2. The van der Waals surface area contributed by atoms with Gasteiger partial charge in [-0.2, -0.15) is 18.2 Å². The lowest BCUT2D eigenvalue weighted by molar-refractivity contribution is -0.138. The number of guanidine groups is 1. The minimum absolute atomic E-state index is 0.00751. The molecule has 3 N–H and O–H groups in total. The Bertz CT molecular complexity index is 1610. The number of β-amino-alcohol motifs (C(OH)–C–C–N with tert-alkyl or cyclic N) is 1. The number of aryl methyl sites for hydroxylation is 1. The highest BCUT2D eigenvalue weighted by Crippen LogP contribution is 2.39. The van der Waals surface area contributed by atoms with E-state index < -0.39 is 47.6 Å². The van der Waals surface area contributed by atoms with Crippen LogP contribution in [0.25, 0.3) is 11.4 Å². The molecule has 1 saturated heterocycles. The molecule has 1 aliphatic rings. The van der Waals surface area contributed by atoms with E-state index in [-0.39, 0.29) is 42.6 Å². The first-order chi connectivity index (χ1) is 21.5. The quantitative estimate of drug-likeness (QED) is 0.138. The lowest BCUT2D eigenvalue weighted by Crippen LogP contribution is -2.46. The number of alkyl carbamates (subject to hydrolysis) is 1. The van der Waals surface area contributed by atoms with Crippen LogP contribution in [0.3, 0.4) is 0 Å². The van der Waals surface area contributed by atoms with Crippen molar-refractivity contribution in [2.75, 3.05) is 13.2 Å². The number of hydrogen-bond donors (Lipinski definition) is 3. The summed E-state index contributed by atoms with van der Waals surface area (Å²) in [5, 5.41) is 26.5. The molecule has 4 rings (SSSR count). The Morgan fingerprint density at radius 3 is 2.54 bits per heavy atom. The predicted molar refractivity (Wildman–Crippen MR) is 160 cm³/mol. The van der Waals surface area contributed by atoms with E-state index in [2.05, 4.69) is 20.4 Å². The van der Waals surface area contributed by atoms with Gasteiger partial charge in [0.15, 0.2) is 0 Å². The third kappa shape index (κ3) is 9.23. The molecular formula is C29H30Cl2F3N5O7. The van der Waals surface area contributed by atoms with Gasteiger partial charge in [-0.25, -0.2) is 9.59 Å². The van der Waals surface area contributed by atoms with Crippen LogP contribution in [0.15, 0.2) is 45.9 Å². The number of rotatable bonds is 7. The van der Waals surface area contributed by atoms with Gasteiger partial charge >= 0.3 is 18.4 Å². The summed E-state index contributed by atoms with van der Waals surface area (Å²) < 4.78 is 58.1. The molecular weight excluding hydrogens is 658 g/mol. The fourth-order valence-corrected chi connectivity index (χ4v) is 4.91. The van der Waals surface area contributed by atoms with Gasteiger partial charge in [0.05, 0.1) is 28.3 Å². The molecule has 0 saturated carbocycles. The molecule has 1 aliphatic heterocycles. The van der Waals surface area contributed by atoms with Crippen molar-refractivity contribution in [2.45, 2.75) is 64.0 Å². The number of aliphatic hydroxyl groups excluding tert-OH is 1. The normalized spacial score (nSPS) is 17.2. The maximum Gasteiger partial charge on any atom is 0.434 e. The van der Waals surface area contributed by atoms with Crippen molar-refractivity contribution in [1.29, 1.82) is 0 Å². The van der Waals surface area contributed by atoms with Crippen molar-refractivity contribution < 1.29 is 47.0 Å². The van der Waals surface area contributed by atoms with E-state index in [1.54, 1.807) is 39.0 Å². The number of aliphatic imine (C=N–C) groups is 1. The maximum atomic E-state index is 14.0. The fraction of sp³-hybridized carbons (Fsp3) is 0.414. The van der Waals surface area contributed by atoms with Gasteiger partial charge in [0.1, 0.15) is 17.4 Å². The first-order valence-corrected chi connectivity index (χ1v) is 14.6. The summed E-state index contributed by atoms with van der Waals surface area (Å²) >= 11 is 11.9. The van der Waals surface area contributed by atoms with Gasteiger partial charge in [-0.1, -0.05) is 34.4 Å². The molecule has 1 aromatic heterocycles. The molecule has 46 heavy (non-hydrogen) atoms. The van der Waals surface area contributed by atoms with Crippen molar-refractivity contribution in [3.8, 4) is 17.1 Å². The third-order valence-electron chi connectivity index (χ3n) is 6.49. The minimum Gasteiger partial charge on any atom is -0.493 e. The van der Waals surface area contributed by atoms with Crippen LogP contribution in [-0.4, -0.2) is 68.3 Å². The molecule has 2 heterocycles. The van der Waals surface area contributed by atoms with Crippen LogP contribution in [0, 0.1) is 0 Å². The number of aromatic nitrogens is 2. The molecule has 2 amide bonds. The number of carbonyl (C=O) groups excluding carboxylic acids is 1. The van der Waals surface area contributed by atoms with Crippen LogP contribution >= 0.6 is 23.2 Å². The molecule has 0 bridgehead atoms. The summed E-state index contributed by atoms with van der Waals surface area (Å²) in [6, 6.07) is 7.42. The molecule has 3 aromatic rings. The fourth-order valence-electron chi connectivity index (χ4n) is 4.59. The number of halogens is 5. The summed E-state index contributed by atoms with van der Waals surface area (Å²) in [6.07, 6.45) is -7.58. The zero-order chi connectivity index (χ0) is 33.8. The van der Waals surface area contributed by atoms with Gasteiger partial charge in [0.25, 0.3) is 0 Å². The van der Waals surface area contributed by atoms with Crippen molar-refractivity contribution in [1.82, 2.24) is 20.4 Å². The standard InChI is InChI=1S/C29H30Cl2F3N5O7/c1-28(2,3)45-27(43)37-25(36-26(41)42)39-14-17(40)13-21(39)24-35-23(38-46-24)16-7-9-22(18(12-16)29(32,33)34)44-10-4-5-15-6-8-19(30)20(31)11-15/h6-9,11-12,17,21,40H,4-5,10,13-14H2,1-3H3,(H,41,42)(H,36,37,43)/t17-,21+/m1/s1. The van der Waals surface area contributed by atoms with Crippen LogP contribution in [-0.2, 0) is 17.3 Å². The molecule has 2 aromatic carbocycles. The van der Waals surface area contributed by atoms with E-state index in [0.29, 0.717) is 22.9 Å². The second-order valence-corrected chi connectivity index (χ2v) is 12.1. The number of aliphatic hydroxyl groups is 1. The van der Waals surface area contributed by atoms with E-state index in [4.69, 9.17) is 37.2 Å². The average molecular weight is 688 g/mol. The maximum absolute atomic E-state index is 14.0. The van der Waals surface area contributed by atoms with Crippen molar-refractivity contribution >= 4 is 41.3 Å². The van der Waals surface area contributed by atoms with Crippen LogP contribution < -0.4 is 10.1 Å². The summed E-state index contributed by atoms with van der Waals surface area (Å²) in [4.78, 5) is 32.6. The lowest BCUT2D eigenvalue weighted by Gasteiger charge is -2.26. The first-order valence-electron chi connectivity index (χ1n) is 13.9. The topological polar surface area (TPSA) is 160 Å². The Labute approximate surface area is 271 Å². The van der Waals surface area contributed by atoms with Gasteiger partial charge in [-0.15, -0.1) is 4.99 Å². The summed E-state index contributed by atoms with van der Waals surface area (Å²) in [5.41, 5.74) is -1.15. The Morgan fingerprint density at radius 2 is 1.89 bits per heavy atom. The molecule has 12 nitrogen and oxygen atoms in total. The van der Waals surface area contributed by atoms with Crippen LogP contribution in [0.5, 0.6) is 5.75 Å². The number of hydrogen-bond acceptors (Lipinski definition) is 8. The molecule has 0 unspecified atom stereocenters. The number of likely N-dealkylation sites (tertiary alicyclic amines) is 1. The number of alkyl halides is 3. The van der Waals surface area contributed by atoms with E-state index >= 15 is 0 Å². The molecule has 0 radical (unpaired) electrons. The Kier molecular flexibility index (Phi) is 10.7. The van der Waals surface area contributed by atoms with E-state index in [1.807, 2.05) is 0 Å². The van der Waals surface area contributed by atoms with Gasteiger partial charge in [0.2, 0.25) is 17.7 Å². The first kappa shape index (κ1) is 34.8. The molecule has 2 atom stereocenters. The predicted octanol–water partition coefficient (Wildman–Crippen LogP) is 6.74. The number of amides is 2. The average Bonchev–Trinajstić information content (AvgIpc) is 3.58. The second kappa shape index (κ2) is 14.1. The molecule has 0 aliphatic carbocycles. The number of nitrogens with zero attached hydrogens (tertiary/aromatic N) is 4. The number of carbonyl (C=O) groups is 2. The van der Waals surface area contributed by atoms with Gasteiger partial charge < -0.3 is 29.1 Å². The molecule has 1 fully saturated rings. The van der Waals surface area contributed by atoms with Crippen LogP contribution in [0.4, 0.5) is 22.8 Å². The number of ether oxygens (including phenoxy) is 2. The Hall–Kier alpha value is -4.08.